The average molecular weight is 290 g/mol. The van der Waals surface area contributed by atoms with Crippen LogP contribution in [0.15, 0.2) is 28.8 Å². The van der Waals surface area contributed by atoms with Crippen molar-refractivity contribution in [1.29, 1.82) is 0 Å². The third kappa shape index (κ3) is 4.49. The summed E-state index contributed by atoms with van der Waals surface area (Å²) in [5.74, 6) is 2.26. The van der Waals surface area contributed by atoms with Gasteiger partial charge in [0.05, 0.1) is 6.61 Å². The minimum absolute atomic E-state index is 0.365. The van der Waals surface area contributed by atoms with E-state index in [1.807, 2.05) is 38.1 Å². The Kier molecular flexibility index (Phi) is 5.63. The summed E-state index contributed by atoms with van der Waals surface area (Å²) >= 11 is 0. The molecule has 1 N–H and O–H groups in total. The molecule has 114 valence electrons. The molecule has 0 bridgehead atoms. The molecule has 0 aliphatic carbocycles. The molecule has 0 unspecified atom stereocenters. The molecular weight excluding hydrogens is 268 g/mol. The zero-order chi connectivity index (χ0) is 15.1. The highest BCUT2D eigenvalue weighted by Gasteiger charge is 2.08. The smallest absolute Gasteiger partial charge is 0.161 e. The Morgan fingerprint density at radius 3 is 2.67 bits per heavy atom. The van der Waals surface area contributed by atoms with Gasteiger partial charge in [0, 0.05) is 12.6 Å². The number of aromatic nitrogens is 1. The first-order valence-electron chi connectivity index (χ1n) is 7.24. The van der Waals surface area contributed by atoms with E-state index in [9.17, 15) is 0 Å². The highest BCUT2D eigenvalue weighted by atomic mass is 16.5. The van der Waals surface area contributed by atoms with E-state index in [2.05, 4.69) is 17.4 Å². The number of aryl methyl sites for hydroxylation is 1. The van der Waals surface area contributed by atoms with E-state index < -0.39 is 0 Å². The highest BCUT2D eigenvalue weighted by molar-refractivity contribution is 5.43. The predicted molar refractivity (Wildman–Crippen MR) is 80.6 cm³/mol. The van der Waals surface area contributed by atoms with E-state index in [-0.39, 0.29) is 0 Å². The van der Waals surface area contributed by atoms with Gasteiger partial charge in [-0.1, -0.05) is 18.1 Å². The molecule has 0 amide bonds. The van der Waals surface area contributed by atoms with Crippen molar-refractivity contribution in [2.45, 2.75) is 33.9 Å². The van der Waals surface area contributed by atoms with Gasteiger partial charge in [-0.25, -0.2) is 0 Å². The first-order chi connectivity index (χ1) is 10.2. The number of rotatable bonds is 8. The SMILES string of the molecule is CCNCc1ccc(OCc2cc(C)on2)c(OCC)c1. The maximum Gasteiger partial charge on any atom is 0.161 e. The van der Waals surface area contributed by atoms with Crippen LogP contribution in [0.5, 0.6) is 11.5 Å². The summed E-state index contributed by atoms with van der Waals surface area (Å²) in [6, 6.07) is 7.84. The topological polar surface area (TPSA) is 56.5 Å². The second-order valence-electron chi connectivity index (χ2n) is 4.71. The molecule has 0 fully saturated rings. The molecule has 0 atom stereocenters. The summed E-state index contributed by atoms with van der Waals surface area (Å²) in [5, 5.41) is 7.21. The lowest BCUT2D eigenvalue weighted by Gasteiger charge is -2.13. The van der Waals surface area contributed by atoms with E-state index in [1.54, 1.807) is 0 Å². The molecule has 0 radical (unpaired) electrons. The normalized spacial score (nSPS) is 10.6. The summed E-state index contributed by atoms with van der Waals surface area (Å²) in [4.78, 5) is 0. The Morgan fingerprint density at radius 2 is 2.00 bits per heavy atom. The number of hydrogen-bond donors (Lipinski definition) is 1. The maximum atomic E-state index is 5.78. The molecule has 2 aromatic rings. The van der Waals surface area contributed by atoms with E-state index >= 15 is 0 Å². The minimum atomic E-state index is 0.365. The van der Waals surface area contributed by atoms with Gasteiger partial charge < -0.3 is 19.3 Å². The molecule has 0 aliphatic rings. The van der Waals surface area contributed by atoms with Crippen LogP contribution in [0, 0.1) is 6.92 Å². The average Bonchev–Trinajstić information content (AvgIpc) is 2.90. The predicted octanol–water partition coefficient (Wildman–Crippen LogP) is 3.07. The molecule has 1 aromatic heterocycles. The van der Waals surface area contributed by atoms with Gasteiger partial charge in [-0.05, 0) is 38.1 Å². The molecule has 1 aromatic carbocycles. The van der Waals surface area contributed by atoms with Gasteiger partial charge >= 0.3 is 0 Å². The Balaban J connectivity index is 2.06. The quantitative estimate of drug-likeness (QED) is 0.809. The van der Waals surface area contributed by atoms with Crippen LogP contribution >= 0.6 is 0 Å². The summed E-state index contributed by atoms with van der Waals surface area (Å²) in [6.07, 6.45) is 0. The fourth-order valence-electron chi connectivity index (χ4n) is 1.96. The van der Waals surface area contributed by atoms with Crippen LogP contribution < -0.4 is 14.8 Å². The van der Waals surface area contributed by atoms with Crippen molar-refractivity contribution in [3.63, 3.8) is 0 Å². The van der Waals surface area contributed by atoms with Gasteiger partial charge in [0.25, 0.3) is 0 Å². The third-order valence-electron chi connectivity index (χ3n) is 2.94. The molecule has 0 saturated carbocycles. The summed E-state index contributed by atoms with van der Waals surface area (Å²) in [5.41, 5.74) is 1.94. The summed E-state index contributed by atoms with van der Waals surface area (Å²) in [7, 11) is 0. The van der Waals surface area contributed by atoms with Crippen LogP contribution in [0.1, 0.15) is 30.9 Å². The molecule has 0 spiro atoms. The molecule has 5 nitrogen and oxygen atoms in total. The number of nitrogens with one attached hydrogen (secondary N) is 1. The number of nitrogens with zero attached hydrogens (tertiary/aromatic N) is 1. The van der Waals surface area contributed by atoms with E-state index in [0.717, 1.165) is 36.0 Å². The van der Waals surface area contributed by atoms with Crippen LogP contribution in [0.2, 0.25) is 0 Å². The zero-order valence-corrected chi connectivity index (χ0v) is 12.8. The number of benzene rings is 1. The Morgan fingerprint density at radius 1 is 1.14 bits per heavy atom. The molecular formula is C16H22N2O3. The van der Waals surface area contributed by atoms with Crippen molar-refractivity contribution in [2.24, 2.45) is 0 Å². The Labute approximate surface area is 125 Å². The largest absolute Gasteiger partial charge is 0.490 e. The third-order valence-corrected chi connectivity index (χ3v) is 2.94. The van der Waals surface area contributed by atoms with Gasteiger partial charge in [0.1, 0.15) is 18.1 Å². The lowest BCUT2D eigenvalue weighted by atomic mass is 10.2. The van der Waals surface area contributed by atoms with E-state index in [0.29, 0.717) is 13.2 Å². The fourth-order valence-corrected chi connectivity index (χ4v) is 1.96. The van der Waals surface area contributed by atoms with Gasteiger partial charge in [-0.2, -0.15) is 0 Å². The first kappa shape index (κ1) is 15.4. The van der Waals surface area contributed by atoms with Crippen molar-refractivity contribution < 1.29 is 14.0 Å². The van der Waals surface area contributed by atoms with Crippen LogP contribution in [0.25, 0.3) is 0 Å². The van der Waals surface area contributed by atoms with Crippen molar-refractivity contribution in [3.8, 4) is 11.5 Å². The number of ether oxygens (including phenoxy) is 2. The van der Waals surface area contributed by atoms with Crippen molar-refractivity contribution in [3.05, 3.63) is 41.3 Å². The monoisotopic (exact) mass is 290 g/mol. The van der Waals surface area contributed by atoms with Crippen molar-refractivity contribution in [2.75, 3.05) is 13.2 Å². The fraction of sp³-hybridized carbons (Fsp3) is 0.438. The lowest BCUT2D eigenvalue weighted by Crippen LogP contribution is -2.12. The molecule has 1 heterocycles. The van der Waals surface area contributed by atoms with Crippen LogP contribution in [0.3, 0.4) is 0 Å². The standard InChI is InChI=1S/C16H22N2O3/c1-4-17-10-13-6-7-15(16(9-13)19-5-2)20-11-14-8-12(3)21-18-14/h6-9,17H,4-5,10-11H2,1-3H3. The first-order valence-corrected chi connectivity index (χ1v) is 7.24. The maximum absolute atomic E-state index is 5.78. The molecule has 21 heavy (non-hydrogen) atoms. The summed E-state index contributed by atoms with van der Waals surface area (Å²) < 4.78 is 16.5. The van der Waals surface area contributed by atoms with Gasteiger partial charge in [0.2, 0.25) is 0 Å². The second kappa shape index (κ2) is 7.69. The molecule has 2 rings (SSSR count). The van der Waals surface area contributed by atoms with Crippen molar-refractivity contribution >= 4 is 0 Å². The van der Waals surface area contributed by atoms with Gasteiger partial charge in [0.15, 0.2) is 11.5 Å². The number of hydrogen-bond acceptors (Lipinski definition) is 5. The van der Waals surface area contributed by atoms with Gasteiger partial charge in [-0.3, -0.25) is 0 Å². The lowest BCUT2D eigenvalue weighted by molar-refractivity contribution is 0.259. The van der Waals surface area contributed by atoms with E-state index in [1.165, 1.54) is 5.56 Å². The minimum Gasteiger partial charge on any atom is -0.490 e. The highest BCUT2D eigenvalue weighted by Crippen LogP contribution is 2.29. The van der Waals surface area contributed by atoms with Crippen molar-refractivity contribution in [1.82, 2.24) is 10.5 Å². The summed E-state index contributed by atoms with van der Waals surface area (Å²) in [6.45, 7) is 8.63. The van der Waals surface area contributed by atoms with Crippen LogP contribution in [-0.2, 0) is 13.2 Å². The van der Waals surface area contributed by atoms with Gasteiger partial charge in [-0.15, -0.1) is 0 Å². The zero-order valence-electron chi connectivity index (χ0n) is 12.8. The Hall–Kier alpha value is -2.01. The molecule has 0 aliphatic heterocycles. The Bertz CT molecular complexity index is 566. The molecule has 0 saturated heterocycles. The molecule has 5 heteroatoms. The second-order valence-corrected chi connectivity index (χ2v) is 4.71. The van der Waals surface area contributed by atoms with Crippen LogP contribution in [0.4, 0.5) is 0 Å². The van der Waals surface area contributed by atoms with E-state index in [4.69, 9.17) is 14.0 Å². The van der Waals surface area contributed by atoms with Crippen LogP contribution in [-0.4, -0.2) is 18.3 Å².